The topological polar surface area (TPSA) is 113 Å². The summed E-state index contributed by atoms with van der Waals surface area (Å²) in [6.45, 7) is 2.75. The zero-order valence-corrected chi connectivity index (χ0v) is 15.4. The van der Waals surface area contributed by atoms with E-state index in [1.807, 2.05) is 24.3 Å². The van der Waals surface area contributed by atoms with Gasteiger partial charge in [0.15, 0.2) is 0 Å². The number of nitrogens with two attached hydrogens (primary N) is 1. The van der Waals surface area contributed by atoms with Gasteiger partial charge in [-0.2, -0.15) is 5.10 Å². The zero-order chi connectivity index (χ0) is 19.2. The molecule has 1 aromatic heterocycles. The Balaban J connectivity index is 1.58. The second-order valence-electron chi connectivity index (χ2n) is 6.69. The van der Waals surface area contributed by atoms with Crippen LogP contribution in [0, 0.1) is 5.92 Å². The number of amides is 2. The summed E-state index contributed by atoms with van der Waals surface area (Å²) in [5.41, 5.74) is 7.37. The van der Waals surface area contributed by atoms with Crippen LogP contribution in [0.1, 0.15) is 23.2 Å². The molecule has 1 saturated heterocycles. The van der Waals surface area contributed by atoms with Gasteiger partial charge in [-0.15, -0.1) is 0 Å². The zero-order valence-electron chi connectivity index (χ0n) is 15.4. The lowest BCUT2D eigenvalue weighted by molar-refractivity contribution is -0.123. The fourth-order valence-corrected chi connectivity index (χ4v) is 3.37. The summed E-state index contributed by atoms with van der Waals surface area (Å²) < 4.78 is 5.24. The third kappa shape index (κ3) is 4.65. The number of nitrogens with zero attached hydrogens (tertiary/aromatic N) is 2. The molecule has 1 unspecified atom stereocenters. The van der Waals surface area contributed by atoms with E-state index in [1.54, 1.807) is 7.11 Å². The van der Waals surface area contributed by atoms with Crippen LogP contribution in [0.3, 0.4) is 0 Å². The summed E-state index contributed by atoms with van der Waals surface area (Å²) in [5.74, 6) is 0.181. The minimum atomic E-state index is -0.245. The molecule has 1 aliphatic heterocycles. The highest BCUT2D eigenvalue weighted by Crippen LogP contribution is 2.25. The number of rotatable bonds is 7. The number of nitrogens with one attached hydrogen (secondary N) is 2. The first-order valence-corrected chi connectivity index (χ1v) is 9.06. The van der Waals surface area contributed by atoms with Gasteiger partial charge in [-0.25, -0.2) is 0 Å². The van der Waals surface area contributed by atoms with Crippen LogP contribution in [0.25, 0.3) is 11.3 Å². The predicted octanol–water partition coefficient (Wildman–Crippen LogP) is 1.01. The second-order valence-corrected chi connectivity index (χ2v) is 6.69. The van der Waals surface area contributed by atoms with E-state index in [0.29, 0.717) is 36.6 Å². The maximum atomic E-state index is 12.6. The number of likely N-dealkylation sites (tertiary alicyclic amines) is 1. The van der Waals surface area contributed by atoms with Gasteiger partial charge >= 0.3 is 0 Å². The molecule has 1 aromatic carbocycles. The number of ether oxygens (including phenoxy) is 1. The third-order valence-corrected chi connectivity index (χ3v) is 4.86. The Morgan fingerprint density at radius 1 is 1.44 bits per heavy atom. The van der Waals surface area contributed by atoms with E-state index in [0.717, 1.165) is 24.9 Å². The van der Waals surface area contributed by atoms with Crippen LogP contribution in [-0.4, -0.2) is 60.2 Å². The van der Waals surface area contributed by atoms with E-state index in [4.69, 9.17) is 10.5 Å². The molecule has 27 heavy (non-hydrogen) atoms. The number of hydrogen-bond donors (Lipinski definition) is 3. The number of piperidine rings is 1. The van der Waals surface area contributed by atoms with Crippen molar-refractivity contribution in [2.75, 3.05) is 33.3 Å². The molecule has 0 aliphatic carbocycles. The minimum absolute atomic E-state index is 0.0945. The number of hydrogen-bond acceptors (Lipinski definition) is 5. The van der Waals surface area contributed by atoms with E-state index >= 15 is 0 Å². The fourth-order valence-electron chi connectivity index (χ4n) is 3.37. The molecule has 4 N–H and O–H groups in total. The third-order valence-electron chi connectivity index (χ3n) is 4.86. The number of carbonyl (C=O) groups excluding carboxylic acids is 2. The molecule has 3 rings (SSSR count). The quantitative estimate of drug-likeness (QED) is 0.672. The summed E-state index contributed by atoms with van der Waals surface area (Å²) >= 11 is 0. The number of carbonyl (C=O) groups is 2. The Kier molecular flexibility index (Phi) is 6.08. The van der Waals surface area contributed by atoms with Gasteiger partial charge in [-0.05, 0) is 31.5 Å². The molecule has 8 heteroatoms. The number of aromatic amines is 1. The van der Waals surface area contributed by atoms with Gasteiger partial charge in [0, 0.05) is 25.2 Å². The van der Waals surface area contributed by atoms with Crippen LogP contribution in [0.15, 0.2) is 30.5 Å². The molecule has 0 saturated carbocycles. The number of primary amides is 1. The van der Waals surface area contributed by atoms with E-state index in [9.17, 15) is 9.59 Å². The lowest BCUT2D eigenvalue weighted by atomic mass is 9.97. The van der Waals surface area contributed by atoms with E-state index < -0.39 is 0 Å². The molecule has 0 radical (unpaired) electrons. The molecule has 1 aliphatic rings. The number of methoxy groups -OCH3 is 1. The Morgan fingerprint density at radius 2 is 2.30 bits per heavy atom. The normalized spacial score (nSPS) is 17.4. The Hall–Kier alpha value is -2.87. The van der Waals surface area contributed by atoms with Crippen LogP contribution in [-0.2, 0) is 4.79 Å². The van der Waals surface area contributed by atoms with Crippen LogP contribution < -0.4 is 15.8 Å². The molecule has 2 amide bonds. The molecule has 2 heterocycles. The molecule has 0 spiro atoms. The summed E-state index contributed by atoms with van der Waals surface area (Å²) in [4.78, 5) is 26.1. The number of benzene rings is 1. The predicted molar refractivity (Wildman–Crippen MR) is 101 cm³/mol. The van der Waals surface area contributed by atoms with Crippen molar-refractivity contribution >= 4 is 11.8 Å². The first-order chi connectivity index (χ1) is 13.1. The average molecular weight is 371 g/mol. The number of aromatic nitrogens is 2. The lowest BCUT2D eigenvalue weighted by Crippen LogP contribution is -2.44. The Bertz CT molecular complexity index is 804. The van der Waals surface area contributed by atoms with E-state index in [1.165, 1.54) is 6.20 Å². The van der Waals surface area contributed by atoms with Crippen molar-refractivity contribution in [2.24, 2.45) is 11.7 Å². The van der Waals surface area contributed by atoms with Gasteiger partial charge in [0.1, 0.15) is 5.75 Å². The SMILES string of the molecule is COc1cccc(-c2[nH]ncc2C(=O)NCCN2CCCC(C(N)=O)C2)c1. The first kappa shape index (κ1) is 18.9. The largest absolute Gasteiger partial charge is 0.497 e. The van der Waals surface area contributed by atoms with Crippen molar-refractivity contribution in [3.63, 3.8) is 0 Å². The first-order valence-electron chi connectivity index (χ1n) is 9.06. The van der Waals surface area contributed by atoms with Gasteiger partial charge in [-0.3, -0.25) is 14.7 Å². The summed E-state index contributed by atoms with van der Waals surface area (Å²) in [7, 11) is 1.60. The molecule has 8 nitrogen and oxygen atoms in total. The maximum Gasteiger partial charge on any atom is 0.255 e. The summed E-state index contributed by atoms with van der Waals surface area (Å²) in [6.07, 6.45) is 3.31. The van der Waals surface area contributed by atoms with Crippen LogP contribution in [0.5, 0.6) is 5.75 Å². The van der Waals surface area contributed by atoms with Crippen molar-refractivity contribution in [3.8, 4) is 17.0 Å². The van der Waals surface area contributed by atoms with Crippen molar-refractivity contribution in [2.45, 2.75) is 12.8 Å². The van der Waals surface area contributed by atoms with Gasteiger partial charge < -0.3 is 20.7 Å². The molecule has 1 atom stereocenters. The fraction of sp³-hybridized carbons (Fsp3) is 0.421. The van der Waals surface area contributed by atoms with Crippen molar-refractivity contribution in [3.05, 3.63) is 36.0 Å². The molecular weight excluding hydrogens is 346 g/mol. The van der Waals surface area contributed by atoms with Crippen LogP contribution in [0.2, 0.25) is 0 Å². The standard InChI is InChI=1S/C19H25N5O3/c1-27-15-6-2-4-13(10-15)17-16(11-22-23-17)19(26)21-7-9-24-8-3-5-14(12-24)18(20)25/h2,4,6,10-11,14H,3,5,7-9,12H2,1H3,(H2,20,25)(H,21,26)(H,22,23). The minimum Gasteiger partial charge on any atom is -0.497 e. The van der Waals surface area contributed by atoms with Crippen LogP contribution >= 0.6 is 0 Å². The molecular formula is C19H25N5O3. The number of H-pyrrole nitrogens is 1. The van der Waals surface area contributed by atoms with E-state index in [2.05, 4.69) is 20.4 Å². The van der Waals surface area contributed by atoms with Crippen LogP contribution in [0.4, 0.5) is 0 Å². The van der Waals surface area contributed by atoms with E-state index in [-0.39, 0.29) is 17.7 Å². The lowest BCUT2D eigenvalue weighted by Gasteiger charge is -2.31. The molecule has 0 bridgehead atoms. The Labute approximate surface area is 158 Å². The highest BCUT2D eigenvalue weighted by molar-refractivity contribution is 5.99. The molecule has 144 valence electrons. The van der Waals surface area contributed by atoms with Crippen molar-refractivity contribution in [1.82, 2.24) is 20.4 Å². The molecule has 1 fully saturated rings. The van der Waals surface area contributed by atoms with Crippen molar-refractivity contribution < 1.29 is 14.3 Å². The second kappa shape index (κ2) is 8.68. The van der Waals surface area contributed by atoms with Gasteiger partial charge in [-0.1, -0.05) is 12.1 Å². The monoisotopic (exact) mass is 371 g/mol. The Morgan fingerprint density at radius 3 is 3.07 bits per heavy atom. The maximum absolute atomic E-state index is 12.6. The average Bonchev–Trinajstić information content (AvgIpc) is 3.18. The highest BCUT2D eigenvalue weighted by atomic mass is 16.5. The summed E-state index contributed by atoms with van der Waals surface area (Å²) in [6, 6.07) is 7.45. The van der Waals surface area contributed by atoms with Gasteiger partial charge in [0.25, 0.3) is 5.91 Å². The van der Waals surface area contributed by atoms with Crippen molar-refractivity contribution in [1.29, 1.82) is 0 Å². The van der Waals surface area contributed by atoms with Gasteiger partial charge in [0.05, 0.1) is 30.5 Å². The smallest absolute Gasteiger partial charge is 0.255 e. The van der Waals surface area contributed by atoms with Gasteiger partial charge in [0.2, 0.25) is 5.91 Å². The summed E-state index contributed by atoms with van der Waals surface area (Å²) in [5, 5.41) is 9.83. The highest BCUT2D eigenvalue weighted by Gasteiger charge is 2.23. The molecule has 2 aromatic rings.